The fourth-order valence-electron chi connectivity index (χ4n) is 3.89. The highest BCUT2D eigenvalue weighted by atomic mass is 32.2. The third-order valence-electron chi connectivity index (χ3n) is 5.49. The van der Waals surface area contributed by atoms with Crippen molar-refractivity contribution in [1.82, 2.24) is 0 Å². The molecule has 1 unspecified atom stereocenters. The average molecular weight is 463 g/mol. The summed E-state index contributed by atoms with van der Waals surface area (Å²) in [4.78, 5) is 0. The van der Waals surface area contributed by atoms with Crippen molar-refractivity contribution in [1.29, 1.82) is 0 Å². The van der Waals surface area contributed by atoms with Crippen LogP contribution in [0, 0.1) is 5.92 Å². The van der Waals surface area contributed by atoms with Crippen LogP contribution in [0.15, 0.2) is 28.0 Å². The second kappa shape index (κ2) is 11.1. The Morgan fingerprint density at radius 3 is 2.19 bits per heavy atom. The van der Waals surface area contributed by atoms with E-state index in [-0.39, 0.29) is 11.8 Å². The summed E-state index contributed by atoms with van der Waals surface area (Å²) in [5, 5.41) is 1.29. The predicted molar refractivity (Wildman–Crippen MR) is 131 cm³/mol. The molecule has 32 heavy (non-hydrogen) atoms. The first-order valence-corrected chi connectivity index (χ1v) is 13.2. The minimum atomic E-state index is -3.24. The smallest absolute Gasteiger partial charge is 0.168 e. The Morgan fingerprint density at radius 1 is 1.00 bits per heavy atom. The first-order valence-electron chi connectivity index (χ1n) is 11.2. The summed E-state index contributed by atoms with van der Waals surface area (Å²) in [6, 6.07) is 5.97. The highest BCUT2D eigenvalue weighted by molar-refractivity contribution is 7.93. The van der Waals surface area contributed by atoms with E-state index in [9.17, 15) is 8.42 Å². The van der Waals surface area contributed by atoms with E-state index in [1.54, 1.807) is 20.3 Å². The molecule has 1 atom stereocenters. The van der Waals surface area contributed by atoms with Gasteiger partial charge in [0.1, 0.15) is 11.5 Å². The molecule has 1 aromatic carbocycles. The van der Waals surface area contributed by atoms with Gasteiger partial charge in [-0.3, -0.25) is 0 Å². The SMILES string of the molecule is COc1ccc(CCC(C)c2oc(C(C)C)c(CC(C)C)c2/C=C/S(C)(=O)=O)cc1OC. The fourth-order valence-corrected chi connectivity index (χ4v) is 4.28. The molecule has 0 spiro atoms. The monoisotopic (exact) mass is 462 g/mol. The molecule has 0 saturated carbocycles. The number of rotatable bonds is 11. The lowest BCUT2D eigenvalue weighted by Crippen LogP contribution is -2.02. The zero-order chi connectivity index (χ0) is 24.1. The van der Waals surface area contributed by atoms with Crippen LogP contribution >= 0.6 is 0 Å². The van der Waals surface area contributed by atoms with E-state index in [0.717, 1.165) is 47.5 Å². The van der Waals surface area contributed by atoms with Gasteiger partial charge >= 0.3 is 0 Å². The van der Waals surface area contributed by atoms with Gasteiger partial charge in [0, 0.05) is 34.6 Å². The number of hydrogen-bond donors (Lipinski definition) is 0. The molecule has 1 aromatic heterocycles. The van der Waals surface area contributed by atoms with Crippen molar-refractivity contribution < 1.29 is 22.3 Å². The fraction of sp³-hybridized carbons (Fsp3) is 0.538. The Bertz CT molecular complexity index is 1030. The van der Waals surface area contributed by atoms with Gasteiger partial charge in [-0.25, -0.2) is 8.42 Å². The highest BCUT2D eigenvalue weighted by Gasteiger charge is 2.25. The van der Waals surface area contributed by atoms with Gasteiger partial charge in [0.05, 0.1) is 14.2 Å². The van der Waals surface area contributed by atoms with Crippen molar-refractivity contribution >= 4 is 15.9 Å². The van der Waals surface area contributed by atoms with Crippen molar-refractivity contribution in [3.8, 4) is 11.5 Å². The molecule has 0 saturated heterocycles. The van der Waals surface area contributed by atoms with E-state index in [1.165, 1.54) is 11.7 Å². The van der Waals surface area contributed by atoms with Crippen LogP contribution in [-0.2, 0) is 22.7 Å². The van der Waals surface area contributed by atoms with E-state index >= 15 is 0 Å². The summed E-state index contributed by atoms with van der Waals surface area (Å²) in [6.07, 6.45) is 5.50. The molecule has 1 heterocycles. The molecular weight excluding hydrogens is 424 g/mol. The number of furan rings is 1. The van der Waals surface area contributed by atoms with Crippen LogP contribution in [0.3, 0.4) is 0 Å². The third kappa shape index (κ3) is 6.89. The van der Waals surface area contributed by atoms with Gasteiger partial charge < -0.3 is 13.9 Å². The number of sulfone groups is 1. The Labute approximate surface area is 193 Å². The van der Waals surface area contributed by atoms with Crippen molar-refractivity contribution in [3.63, 3.8) is 0 Å². The Hall–Kier alpha value is -2.21. The van der Waals surface area contributed by atoms with Crippen molar-refractivity contribution in [2.75, 3.05) is 20.5 Å². The van der Waals surface area contributed by atoms with E-state index in [2.05, 4.69) is 34.6 Å². The quantitative estimate of drug-likeness (QED) is 0.388. The van der Waals surface area contributed by atoms with E-state index in [4.69, 9.17) is 13.9 Å². The summed E-state index contributed by atoms with van der Waals surface area (Å²) in [7, 11) is 0.0256. The summed E-state index contributed by atoms with van der Waals surface area (Å²) in [5.74, 6) is 4.04. The predicted octanol–water partition coefficient (Wildman–Crippen LogP) is 6.37. The number of benzene rings is 1. The van der Waals surface area contributed by atoms with Crippen LogP contribution in [0.4, 0.5) is 0 Å². The first-order chi connectivity index (χ1) is 15.0. The van der Waals surface area contributed by atoms with E-state index < -0.39 is 9.84 Å². The molecule has 2 rings (SSSR count). The lowest BCUT2D eigenvalue weighted by Gasteiger charge is -2.13. The topological polar surface area (TPSA) is 65.7 Å². The normalized spacial score (nSPS) is 13.3. The summed E-state index contributed by atoms with van der Waals surface area (Å²) in [6.45, 7) is 10.7. The lowest BCUT2D eigenvalue weighted by atomic mass is 9.91. The zero-order valence-electron chi connectivity index (χ0n) is 20.7. The van der Waals surface area contributed by atoms with Crippen LogP contribution in [-0.4, -0.2) is 28.9 Å². The van der Waals surface area contributed by atoms with Crippen LogP contribution < -0.4 is 9.47 Å². The minimum Gasteiger partial charge on any atom is -0.493 e. The molecule has 0 aliphatic rings. The summed E-state index contributed by atoms with van der Waals surface area (Å²) >= 11 is 0. The highest BCUT2D eigenvalue weighted by Crippen LogP contribution is 2.37. The molecule has 0 N–H and O–H groups in total. The molecule has 2 aromatic rings. The van der Waals surface area contributed by atoms with Crippen molar-refractivity contribution in [2.24, 2.45) is 5.92 Å². The van der Waals surface area contributed by atoms with Gasteiger partial charge in [0.25, 0.3) is 0 Å². The second-order valence-corrected chi connectivity index (χ2v) is 11.2. The third-order valence-corrected chi connectivity index (χ3v) is 6.12. The number of ether oxygens (including phenoxy) is 2. The van der Waals surface area contributed by atoms with Gasteiger partial charge in [-0.05, 0) is 49.0 Å². The molecule has 0 fully saturated rings. The Balaban J connectivity index is 2.40. The van der Waals surface area contributed by atoms with Gasteiger partial charge in [0.15, 0.2) is 21.3 Å². The van der Waals surface area contributed by atoms with E-state index in [1.807, 2.05) is 18.2 Å². The molecular formula is C26H38O5S. The maximum absolute atomic E-state index is 11.8. The van der Waals surface area contributed by atoms with Crippen molar-refractivity contribution in [3.05, 3.63) is 51.8 Å². The maximum atomic E-state index is 11.8. The molecule has 5 nitrogen and oxygen atoms in total. The van der Waals surface area contributed by atoms with Crippen LogP contribution in [0.1, 0.15) is 81.1 Å². The van der Waals surface area contributed by atoms with Gasteiger partial charge in [-0.2, -0.15) is 0 Å². The Kier molecular flexibility index (Phi) is 9.02. The van der Waals surface area contributed by atoms with Crippen LogP contribution in [0.25, 0.3) is 6.08 Å². The maximum Gasteiger partial charge on any atom is 0.168 e. The summed E-state index contributed by atoms with van der Waals surface area (Å²) < 4.78 is 40.9. The Morgan fingerprint density at radius 2 is 1.66 bits per heavy atom. The van der Waals surface area contributed by atoms with Crippen LogP contribution in [0.5, 0.6) is 11.5 Å². The second-order valence-electron chi connectivity index (χ2n) is 9.24. The minimum absolute atomic E-state index is 0.126. The molecule has 0 aliphatic carbocycles. The van der Waals surface area contributed by atoms with Gasteiger partial charge in [-0.15, -0.1) is 0 Å². The molecule has 0 radical (unpaired) electrons. The number of methoxy groups -OCH3 is 2. The van der Waals surface area contributed by atoms with Crippen molar-refractivity contribution in [2.45, 2.75) is 65.7 Å². The molecule has 6 heteroatoms. The van der Waals surface area contributed by atoms with Gasteiger partial charge in [0.2, 0.25) is 0 Å². The van der Waals surface area contributed by atoms with E-state index in [0.29, 0.717) is 17.4 Å². The molecule has 0 aliphatic heterocycles. The molecule has 0 amide bonds. The zero-order valence-corrected chi connectivity index (χ0v) is 21.5. The molecule has 178 valence electrons. The lowest BCUT2D eigenvalue weighted by molar-refractivity contribution is 0.354. The van der Waals surface area contributed by atoms with Gasteiger partial charge in [-0.1, -0.05) is 40.7 Å². The standard InChI is InChI=1S/C26H38O5S/c1-17(2)15-22-21(13-14-32(8,27)28)26(31-25(22)18(3)4)19(5)9-10-20-11-12-23(29-6)24(16-20)30-7/h11-14,16-19H,9-10,15H2,1-8H3/b14-13+. The first kappa shape index (κ1) is 26.0. The number of aryl methyl sites for hydroxylation is 1. The summed E-state index contributed by atoms with van der Waals surface area (Å²) in [5.41, 5.74) is 3.20. The average Bonchev–Trinajstić information content (AvgIpc) is 3.07. The number of hydrogen-bond acceptors (Lipinski definition) is 5. The van der Waals surface area contributed by atoms with Crippen LogP contribution in [0.2, 0.25) is 0 Å². The largest absolute Gasteiger partial charge is 0.493 e. The molecule has 0 bridgehead atoms.